The first-order chi connectivity index (χ1) is 12.6. The van der Waals surface area contributed by atoms with Crippen LogP contribution >= 0.6 is 15.9 Å². The Kier molecular flexibility index (Phi) is 5.52. The first-order valence-corrected chi connectivity index (χ1v) is 8.66. The quantitative estimate of drug-likeness (QED) is 0.596. The molecule has 0 bridgehead atoms. The van der Waals surface area contributed by atoms with Crippen molar-refractivity contribution in [1.29, 1.82) is 0 Å². The van der Waals surface area contributed by atoms with Gasteiger partial charge in [0, 0.05) is 11.1 Å². The Morgan fingerprint density at radius 2 is 2.12 bits per heavy atom. The van der Waals surface area contributed by atoms with Crippen LogP contribution in [-0.4, -0.2) is 20.9 Å². The molecule has 26 heavy (non-hydrogen) atoms. The Bertz CT molecular complexity index is 992. The van der Waals surface area contributed by atoms with Gasteiger partial charge >= 0.3 is 0 Å². The van der Waals surface area contributed by atoms with Gasteiger partial charge < -0.3 is 10.6 Å². The van der Waals surface area contributed by atoms with Crippen molar-refractivity contribution in [2.75, 3.05) is 10.6 Å². The fraction of sp³-hybridized carbons (Fsp3) is 0.111. The number of nitrogens with one attached hydrogen (secondary N) is 2. The van der Waals surface area contributed by atoms with Crippen molar-refractivity contribution >= 4 is 50.1 Å². The number of anilines is 3. The van der Waals surface area contributed by atoms with Gasteiger partial charge in [-0.15, -0.1) is 0 Å². The summed E-state index contributed by atoms with van der Waals surface area (Å²) in [6, 6.07) is 6.36. The van der Waals surface area contributed by atoms with Gasteiger partial charge in [-0.3, -0.25) is 4.79 Å². The third kappa shape index (κ3) is 4.20. The van der Waals surface area contributed by atoms with Crippen molar-refractivity contribution in [3.05, 3.63) is 59.2 Å². The molecule has 2 N–H and O–H groups in total. The van der Waals surface area contributed by atoms with E-state index in [0.29, 0.717) is 32.7 Å². The molecular weight excluding hydrogens is 401 g/mol. The number of fused-ring (bicyclic) bond motifs is 1. The Balaban J connectivity index is 1.92. The summed E-state index contributed by atoms with van der Waals surface area (Å²) < 4.78 is 14.1. The Morgan fingerprint density at radius 3 is 2.88 bits per heavy atom. The van der Waals surface area contributed by atoms with Crippen LogP contribution in [0.5, 0.6) is 0 Å². The van der Waals surface area contributed by atoms with Gasteiger partial charge in [-0.2, -0.15) is 0 Å². The first kappa shape index (κ1) is 17.9. The second kappa shape index (κ2) is 8.01. The SMILES string of the molecule is CC/C=C/C(=O)Nc1cc2c(Nc3ccc(Br)c(F)c3)ncnc2cn1. The molecule has 1 aromatic carbocycles. The number of pyridine rings is 1. The number of hydrogen-bond donors (Lipinski definition) is 2. The topological polar surface area (TPSA) is 79.8 Å². The number of aromatic nitrogens is 3. The van der Waals surface area contributed by atoms with E-state index in [1.165, 1.54) is 18.5 Å². The Hall–Kier alpha value is -2.87. The van der Waals surface area contributed by atoms with Crippen LogP contribution in [-0.2, 0) is 4.79 Å². The molecule has 132 valence electrons. The normalized spacial score (nSPS) is 11.0. The highest BCUT2D eigenvalue weighted by atomic mass is 79.9. The zero-order valence-corrected chi connectivity index (χ0v) is 15.4. The average Bonchev–Trinajstić information content (AvgIpc) is 2.63. The molecule has 0 aliphatic heterocycles. The summed E-state index contributed by atoms with van der Waals surface area (Å²) in [4.78, 5) is 24.4. The Labute approximate surface area is 157 Å². The van der Waals surface area contributed by atoms with E-state index >= 15 is 0 Å². The third-order valence-corrected chi connectivity index (χ3v) is 4.10. The lowest BCUT2D eigenvalue weighted by Gasteiger charge is -2.10. The molecule has 3 rings (SSSR count). The van der Waals surface area contributed by atoms with Gasteiger partial charge in [-0.05, 0) is 52.7 Å². The summed E-state index contributed by atoms with van der Waals surface area (Å²) in [5.74, 6) is 0.215. The van der Waals surface area contributed by atoms with Gasteiger partial charge in [0.25, 0.3) is 0 Å². The number of hydrogen-bond acceptors (Lipinski definition) is 5. The second-order valence-corrected chi connectivity index (χ2v) is 6.22. The number of carbonyl (C=O) groups excluding carboxylic acids is 1. The minimum absolute atomic E-state index is 0.264. The molecule has 0 saturated heterocycles. The van der Waals surface area contributed by atoms with Crippen molar-refractivity contribution in [3.8, 4) is 0 Å². The molecule has 6 nitrogen and oxygen atoms in total. The van der Waals surface area contributed by atoms with Crippen molar-refractivity contribution in [2.24, 2.45) is 0 Å². The van der Waals surface area contributed by atoms with E-state index in [1.807, 2.05) is 6.92 Å². The fourth-order valence-corrected chi connectivity index (χ4v) is 2.48. The van der Waals surface area contributed by atoms with Crippen molar-refractivity contribution in [1.82, 2.24) is 15.0 Å². The molecule has 2 aromatic heterocycles. The highest BCUT2D eigenvalue weighted by molar-refractivity contribution is 9.10. The lowest BCUT2D eigenvalue weighted by atomic mass is 10.2. The van der Waals surface area contributed by atoms with Crippen LogP contribution in [0.25, 0.3) is 10.9 Å². The van der Waals surface area contributed by atoms with Gasteiger partial charge in [0.2, 0.25) is 5.91 Å². The molecule has 0 aliphatic rings. The van der Waals surface area contributed by atoms with Gasteiger partial charge in [0.1, 0.15) is 23.8 Å². The first-order valence-electron chi connectivity index (χ1n) is 7.87. The molecule has 1 amide bonds. The molecule has 3 aromatic rings. The van der Waals surface area contributed by atoms with Crippen LogP contribution in [0.4, 0.5) is 21.7 Å². The van der Waals surface area contributed by atoms with E-state index < -0.39 is 0 Å². The Morgan fingerprint density at radius 1 is 1.27 bits per heavy atom. The van der Waals surface area contributed by atoms with Crippen LogP contribution < -0.4 is 10.6 Å². The largest absolute Gasteiger partial charge is 0.340 e. The van der Waals surface area contributed by atoms with E-state index in [-0.39, 0.29) is 11.7 Å². The van der Waals surface area contributed by atoms with Crippen molar-refractivity contribution < 1.29 is 9.18 Å². The molecule has 2 heterocycles. The van der Waals surface area contributed by atoms with Gasteiger partial charge in [-0.1, -0.05) is 13.0 Å². The lowest BCUT2D eigenvalue weighted by Crippen LogP contribution is -2.09. The van der Waals surface area contributed by atoms with Gasteiger partial charge in [-0.25, -0.2) is 19.3 Å². The minimum atomic E-state index is -0.384. The molecule has 0 fully saturated rings. The smallest absolute Gasteiger partial charge is 0.249 e. The number of rotatable bonds is 5. The van der Waals surface area contributed by atoms with E-state index in [2.05, 4.69) is 41.5 Å². The summed E-state index contributed by atoms with van der Waals surface area (Å²) in [6.45, 7) is 1.94. The van der Waals surface area contributed by atoms with Crippen LogP contribution in [0.15, 0.2) is 53.4 Å². The standard InChI is InChI=1S/C18H15BrFN5O/c1-2-3-4-17(26)25-16-8-12-15(9-21-16)22-10-23-18(12)24-11-5-6-13(19)14(20)7-11/h3-10H,2H2,1H3,(H,21,25,26)(H,22,23,24)/b4-3+. The molecule has 0 saturated carbocycles. The number of amides is 1. The van der Waals surface area contributed by atoms with E-state index in [9.17, 15) is 9.18 Å². The zero-order valence-electron chi connectivity index (χ0n) is 13.8. The maximum Gasteiger partial charge on any atom is 0.249 e. The molecule has 8 heteroatoms. The van der Waals surface area contributed by atoms with Crippen LogP contribution in [0.3, 0.4) is 0 Å². The van der Waals surface area contributed by atoms with Crippen LogP contribution in [0.2, 0.25) is 0 Å². The summed E-state index contributed by atoms with van der Waals surface area (Å²) in [5.41, 5.74) is 1.14. The highest BCUT2D eigenvalue weighted by Gasteiger charge is 2.09. The summed E-state index contributed by atoms with van der Waals surface area (Å²) in [7, 11) is 0. The van der Waals surface area contributed by atoms with E-state index in [4.69, 9.17) is 0 Å². The summed E-state index contributed by atoms with van der Waals surface area (Å²) in [5, 5.41) is 6.41. The predicted octanol–water partition coefficient (Wildman–Crippen LogP) is 4.57. The zero-order chi connectivity index (χ0) is 18.5. The van der Waals surface area contributed by atoms with Crippen molar-refractivity contribution in [3.63, 3.8) is 0 Å². The number of nitrogens with zero attached hydrogens (tertiary/aromatic N) is 3. The van der Waals surface area contributed by atoms with Crippen LogP contribution in [0.1, 0.15) is 13.3 Å². The summed E-state index contributed by atoms with van der Waals surface area (Å²) in [6.07, 6.45) is 6.92. The maximum absolute atomic E-state index is 13.7. The van der Waals surface area contributed by atoms with E-state index in [0.717, 1.165) is 6.42 Å². The molecule has 0 radical (unpaired) electrons. The van der Waals surface area contributed by atoms with E-state index in [1.54, 1.807) is 30.5 Å². The minimum Gasteiger partial charge on any atom is -0.340 e. The number of halogens is 2. The molecule has 0 spiro atoms. The average molecular weight is 416 g/mol. The molecular formula is C18H15BrFN5O. The van der Waals surface area contributed by atoms with Crippen LogP contribution in [0, 0.1) is 5.82 Å². The maximum atomic E-state index is 13.7. The number of allylic oxidation sites excluding steroid dienone is 1. The summed E-state index contributed by atoms with van der Waals surface area (Å²) >= 11 is 3.12. The molecule has 0 atom stereocenters. The predicted molar refractivity (Wildman–Crippen MR) is 103 cm³/mol. The fourth-order valence-electron chi connectivity index (χ4n) is 2.23. The van der Waals surface area contributed by atoms with Gasteiger partial charge in [0.05, 0.1) is 16.2 Å². The second-order valence-electron chi connectivity index (χ2n) is 5.36. The number of benzene rings is 1. The molecule has 0 aliphatic carbocycles. The van der Waals surface area contributed by atoms with Crippen molar-refractivity contribution in [2.45, 2.75) is 13.3 Å². The highest BCUT2D eigenvalue weighted by Crippen LogP contribution is 2.26. The lowest BCUT2D eigenvalue weighted by molar-refractivity contribution is -0.111. The third-order valence-electron chi connectivity index (χ3n) is 3.46. The van der Waals surface area contributed by atoms with Gasteiger partial charge in [0.15, 0.2) is 0 Å². The number of carbonyl (C=O) groups is 1. The molecule has 0 unspecified atom stereocenters. The monoisotopic (exact) mass is 415 g/mol.